The molecule has 0 amide bonds. The molecule has 0 saturated heterocycles. The van der Waals surface area contributed by atoms with Gasteiger partial charge in [0.2, 0.25) is 0 Å². The lowest BCUT2D eigenvalue weighted by molar-refractivity contribution is 1.70. The molecular formula is C28H16S2. The van der Waals surface area contributed by atoms with Crippen LogP contribution in [0.3, 0.4) is 0 Å². The Kier molecular flexibility index (Phi) is 3.40. The van der Waals surface area contributed by atoms with Crippen molar-refractivity contribution in [2.75, 3.05) is 0 Å². The Bertz CT molecular complexity index is 1730. The third-order valence-corrected chi connectivity index (χ3v) is 8.21. The molecular weight excluding hydrogens is 400 g/mol. The molecule has 5 aromatic carbocycles. The normalized spacial score (nSPS) is 12.0. The van der Waals surface area contributed by atoms with Crippen LogP contribution in [0.2, 0.25) is 0 Å². The van der Waals surface area contributed by atoms with E-state index in [2.05, 4.69) is 96.4 Å². The SMILES string of the molecule is c1ccc(-c2cc3c(ccc4c3ccc3c5ccc6sccc6c5ccc43)s2)cc1. The first-order valence-corrected chi connectivity index (χ1v) is 11.8. The Morgan fingerprint density at radius 1 is 0.433 bits per heavy atom. The van der Waals surface area contributed by atoms with E-state index in [1.165, 1.54) is 62.9 Å². The lowest BCUT2D eigenvalue weighted by atomic mass is 9.95. The topological polar surface area (TPSA) is 0 Å². The standard InChI is InChI=1S/C28H16S2/c1-2-4-17(5-3-1)28-16-25-23-9-7-18-19(21(23)11-13-27(25)30-28)6-8-22-20(18)10-12-26-24(22)14-15-29-26/h1-16H. The predicted octanol–water partition coefficient (Wildman–Crippen LogP) is 9.24. The van der Waals surface area contributed by atoms with Crippen LogP contribution < -0.4 is 0 Å². The van der Waals surface area contributed by atoms with Crippen LogP contribution >= 0.6 is 22.7 Å². The van der Waals surface area contributed by atoms with Gasteiger partial charge in [-0.05, 0) is 67.5 Å². The van der Waals surface area contributed by atoms with Crippen molar-refractivity contribution in [3.63, 3.8) is 0 Å². The van der Waals surface area contributed by atoms with Crippen LogP contribution in [-0.4, -0.2) is 0 Å². The van der Waals surface area contributed by atoms with E-state index in [0.717, 1.165) is 0 Å². The van der Waals surface area contributed by atoms with Gasteiger partial charge in [0.25, 0.3) is 0 Å². The molecule has 0 saturated carbocycles. The Morgan fingerprint density at radius 3 is 1.70 bits per heavy atom. The highest BCUT2D eigenvalue weighted by atomic mass is 32.1. The molecule has 7 rings (SSSR count). The third-order valence-electron chi connectivity index (χ3n) is 6.18. The van der Waals surface area contributed by atoms with Crippen LogP contribution in [0.5, 0.6) is 0 Å². The minimum atomic E-state index is 1.29. The summed E-state index contributed by atoms with van der Waals surface area (Å²) in [6, 6.07) is 33.7. The summed E-state index contributed by atoms with van der Waals surface area (Å²) in [5, 5.41) is 13.0. The monoisotopic (exact) mass is 416 g/mol. The number of hydrogen-bond donors (Lipinski definition) is 0. The summed E-state index contributed by atoms with van der Waals surface area (Å²) in [6.07, 6.45) is 0. The fourth-order valence-corrected chi connectivity index (χ4v) is 6.64. The quantitative estimate of drug-likeness (QED) is 0.234. The molecule has 0 nitrogen and oxygen atoms in total. The molecule has 0 aliphatic carbocycles. The van der Waals surface area contributed by atoms with E-state index in [-0.39, 0.29) is 0 Å². The van der Waals surface area contributed by atoms with Gasteiger partial charge in [-0.3, -0.25) is 0 Å². The largest absolute Gasteiger partial charge is 0.144 e. The van der Waals surface area contributed by atoms with Crippen LogP contribution in [-0.2, 0) is 0 Å². The second-order valence-electron chi connectivity index (χ2n) is 7.77. The van der Waals surface area contributed by atoms with Crippen molar-refractivity contribution in [1.29, 1.82) is 0 Å². The average Bonchev–Trinajstić information content (AvgIpc) is 3.46. The van der Waals surface area contributed by atoms with Crippen LogP contribution in [0.1, 0.15) is 0 Å². The number of hydrogen-bond acceptors (Lipinski definition) is 2. The zero-order valence-electron chi connectivity index (χ0n) is 16.1. The summed E-state index contributed by atoms with van der Waals surface area (Å²) in [5.41, 5.74) is 1.29. The van der Waals surface area contributed by atoms with E-state index in [1.54, 1.807) is 0 Å². The maximum Gasteiger partial charge on any atom is 0.0355 e. The molecule has 0 aliphatic rings. The number of rotatable bonds is 1. The fraction of sp³-hybridized carbons (Fsp3) is 0. The fourth-order valence-electron chi connectivity index (χ4n) is 4.76. The molecule has 140 valence electrons. The summed E-state index contributed by atoms with van der Waals surface area (Å²) in [5.74, 6) is 0. The number of thiophene rings is 2. The second-order valence-corrected chi connectivity index (χ2v) is 9.80. The van der Waals surface area contributed by atoms with Gasteiger partial charge < -0.3 is 0 Å². The first-order chi connectivity index (χ1) is 14.9. The van der Waals surface area contributed by atoms with Gasteiger partial charge in [0.15, 0.2) is 0 Å². The summed E-state index contributed by atoms with van der Waals surface area (Å²) in [6.45, 7) is 0. The van der Waals surface area contributed by atoms with Crippen molar-refractivity contribution >= 4 is 75.2 Å². The molecule has 0 spiro atoms. The van der Waals surface area contributed by atoms with Gasteiger partial charge in [-0.25, -0.2) is 0 Å². The second kappa shape index (κ2) is 6.15. The van der Waals surface area contributed by atoms with Gasteiger partial charge in [0.1, 0.15) is 0 Å². The van der Waals surface area contributed by atoms with Crippen molar-refractivity contribution in [1.82, 2.24) is 0 Å². The highest BCUT2D eigenvalue weighted by Crippen LogP contribution is 2.41. The summed E-state index contributed by atoms with van der Waals surface area (Å²) in [7, 11) is 0. The van der Waals surface area contributed by atoms with Gasteiger partial charge in [0, 0.05) is 25.0 Å². The molecule has 2 heterocycles. The van der Waals surface area contributed by atoms with E-state index in [0.29, 0.717) is 0 Å². The van der Waals surface area contributed by atoms with E-state index in [1.807, 2.05) is 22.7 Å². The zero-order chi connectivity index (χ0) is 19.7. The lowest BCUT2D eigenvalue weighted by Crippen LogP contribution is -1.81. The van der Waals surface area contributed by atoms with Crippen molar-refractivity contribution in [3.05, 3.63) is 96.4 Å². The number of benzene rings is 5. The van der Waals surface area contributed by atoms with Crippen molar-refractivity contribution in [3.8, 4) is 10.4 Å². The van der Waals surface area contributed by atoms with Crippen molar-refractivity contribution < 1.29 is 0 Å². The van der Waals surface area contributed by atoms with Crippen LogP contribution in [0.25, 0.3) is 62.9 Å². The van der Waals surface area contributed by atoms with Crippen LogP contribution in [0.4, 0.5) is 0 Å². The minimum absolute atomic E-state index is 1.29. The molecule has 30 heavy (non-hydrogen) atoms. The zero-order valence-corrected chi connectivity index (χ0v) is 17.7. The summed E-state index contributed by atoms with van der Waals surface area (Å²) < 4.78 is 2.71. The molecule has 0 atom stereocenters. The molecule has 2 heteroatoms. The first kappa shape index (κ1) is 16.6. The maximum atomic E-state index is 2.36. The van der Waals surface area contributed by atoms with Crippen LogP contribution in [0.15, 0.2) is 96.4 Å². The highest BCUT2D eigenvalue weighted by molar-refractivity contribution is 7.22. The Balaban J connectivity index is 1.55. The summed E-state index contributed by atoms with van der Waals surface area (Å²) >= 11 is 3.69. The van der Waals surface area contributed by atoms with Gasteiger partial charge in [-0.2, -0.15) is 0 Å². The van der Waals surface area contributed by atoms with E-state index in [4.69, 9.17) is 0 Å². The molecule has 0 bridgehead atoms. The number of fused-ring (bicyclic) bond motifs is 9. The molecule has 0 unspecified atom stereocenters. The maximum absolute atomic E-state index is 2.36. The van der Waals surface area contributed by atoms with Gasteiger partial charge in [0.05, 0.1) is 0 Å². The first-order valence-electron chi connectivity index (χ1n) is 10.1. The summed E-state index contributed by atoms with van der Waals surface area (Å²) in [4.78, 5) is 1.33. The van der Waals surface area contributed by atoms with E-state index < -0.39 is 0 Å². The van der Waals surface area contributed by atoms with E-state index in [9.17, 15) is 0 Å². The Labute approximate surface area is 181 Å². The molecule has 0 N–H and O–H groups in total. The van der Waals surface area contributed by atoms with Crippen LogP contribution in [0, 0.1) is 0 Å². The van der Waals surface area contributed by atoms with Gasteiger partial charge >= 0.3 is 0 Å². The van der Waals surface area contributed by atoms with Crippen molar-refractivity contribution in [2.45, 2.75) is 0 Å². The Morgan fingerprint density at radius 2 is 1.00 bits per heavy atom. The molecule has 7 aromatic rings. The third kappa shape index (κ3) is 2.26. The predicted molar refractivity (Wildman–Crippen MR) is 135 cm³/mol. The lowest BCUT2D eigenvalue weighted by Gasteiger charge is -2.09. The minimum Gasteiger partial charge on any atom is -0.144 e. The molecule has 0 aliphatic heterocycles. The molecule has 0 radical (unpaired) electrons. The smallest absolute Gasteiger partial charge is 0.0355 e. The van der Waals surface area contributed by atoms with Crippen molar-refractivity contribution in [2.24, 2.45) is 0 Å². The molecule has 2 aromatic heterocycles. The highest BCUT2D eigenvalue weighted by Gasteiger charge is 2.11. The average molecular weight is 417 g/mol. The van der Waals surface area contributed by atoms with Gasteiger partial charge in [-0.1, -0.05) is 66.7 Å². The van der Waals surface area contributed by atoms with Gasteiger partial charge in [-0.15, -0.1) is 22.7 Å². The van der Waals surface area contributed by atoms with E-state index >= 15 is 0 Å². The Hall–Kier alpha value is -3.20. The molecule has 0 fully saturated rings.